The number of fused-ring (bicyclic) bond motifs is 1. The number of nitrogens with zero attached hydrogens (tertiary/aromatic N) is 3. The van der Waals surface area contributed by atoms with Gasteiger partial charge in [-0.15, -0.1) is 0 Å². The van der Waals surface area contributed by atoms with Gasteiger partial charge in [-0.05, 0) is 12.1 Å². The number of carbonyl (C=O) groups excluding carboxylic acids is 2. The molecular weight excluding hydrogens is 324 g/mol. The van der Waals surface area contributed by atoms with Crippen LogP contribution >= 0.6 is 0 Å². The Morgan fingerprint density at radius 3 is 2.72 bits per heavy atom. The fourth-order valence-corrected chi connectivity index (χ4v) is 3.41. The number of nitrogens with one attached hydrogen (secondary N) is 1. The van der Waals surface area contributed by atoms with E-state index in [0.717, 1.165) is 0 Å². The van der Waals surface area contributed by atoms with Crippen LogP contribution in [-0.4, -0.2) is 51.7 Å². The topological polar surface area (TPSA) is 93.5 Å². The molecule has 8 nitrogen and oxygen atoms in total. The summed E-state index contributed by atoms with van der Waals surface area (Å²) >= 11 is 0. The Labute approximate surface area is 143 Å². The Morgan fingerprint density at radius 2 is 2.00 bits per heavy atom. The number of piperidine rings is 1. The lowest BCUT2D eigenvalue weighted by molar-refractivity contribution is -0.135. The van der Waals surface area contributed by atoms with Crippen molar-refractivity contribution in [2.24, 2.45) is 0 Å². The zero-order valence-corrected chi connectivity index (χ0v) is 13.6. The number of para-hydroxylation sites is 1. The smallest absolute Gasteiger partial charge is 0.407 e. The van der Waals surface area contributed by atoms with Crippen LogP contribution in [0.1, 0.15) is 12.8 Å². The molecule has 25 heavy (non-hydrogen) atoms. The Kier molecular flexibility index (Phi) is 3.67. The normalized spacial score (nSPS) is 19.0. The number of benzene rings is 1. The minimum absolute atomic E-state index is 0.0400. The molecule has 2 fully saturated rings. The van der Waals surface area contributed by atoms with Crippen LogP contribution in [-0.2, 0) is 16.1 Å². The average molecular weight is 342 g/mol. The largest absolute Gasteiger partial charge is 0.441 e. The first-order valence-corrected chi connectivity index (χ1v) is 8.25. The number of carbonyl (C=O) groups is 2. The lowest BCUT2D eigenvalue weighted by Crippen LogP contribution is -2.49. The summed E-state index contributed by atoms with van der Waals surface area (Å²) in [6.45, 7) is 1.46. The quantitative estimate of drug-likeness (QED) is 0.858. The lowest BCUT2D eigenvalue weighted by Gasteiger charge is -2.37. The van der Waals surface area contributed by atoms with Gasteiger partial charge in [-0.3, -0.25) is 14.2 Å². The molecule has 0 radical (unpaired) electrons. The monoisotopic (exact) mass is 342 g/mol. The Bertz CT molecular complexity index is 899. The molecule has 0 bridgehead atoms. The van der Waals surface area contributed by atoms with Gasteiger partial charge in [0.15, 0.2) is 0 Å². The molecule has 0 unspecified atom stereocenters. The zero-order chi connectivity index (χ0) is 17.4. The van der Waals surface area contributed by atoms with Gasteiger partial charge in [0.2, 0.25) is 5.91 Å². The zero-order valence-electron chi connectivity index (χ0n) is 13.6. The minimum Gasteiger partial charge on any atom is -0.441 e. The summed E-state index contributed by atoms with van der Waals surface area (Å²) < 4.78 is 6.69. The first-order chi connectivity index (χ1) is 12.1. The molecule has 0 aliphatic carbocycles. The third-order valence-electron chi connectivity index (χ3n) is 4.93. The molecule has 1 aromatic carbocycles. The highest BCUT2D eigenvalue weighted by atomic mass is 16.6. The number of rotatable bonds is 2. The number of ether oxygens (including phenoxy) is 1. The van der Waals surface area contributed by atoms with E-state index >= 15 is 0 Å². The minimum atomic E-state index is -0.491. The van der Waals surface area contributed by atoms with Gasteiger partial charge in [0.25, 0.3) is 5.56 Å². The van der Waals surface area contributed by atoms with E-state index in [2.05, 4.69) is 10.3 Å². The first kappa shape index (κ1) is 15.6. The molecule has 8 heteroatoms. The maximum atomic E-state index is 12.5. The summed E-state index contributed by atoms with van der Waals surface area (Å²) in [6.07, 6.45) is 2.22. The number of likely N-dealkylation sites (tertiary alicyclic amines) is 1. The Hall–Kier alpha value is -2.90. The van der Waals surface area contributed by atoms with E-state index in [1.54, 1.807) is 23.1 Å². The van der Waals surface area contributed by atoms with Crippen molar-refractivity contribution in [2.75, 3.05) is 19.6 Å². The van der Waals surface area contributed by atoms with E-state index < -0.39 is 11.7 Å². The van der Waals surface area contributed by atoms with E-state index in [0.29, 0.717) is 43.4 Å². The van der Waals surface area contributed by atoms with Crippen LogP contribution in [0.2, 0.25) is 0 Å². The van der Waals surface area contributed by atoms with Crippen molar-refractivity contribution < 1.29 is 14.3 Å². The van der Waals surface area contributed by atoms with Crippen molar-refractivity contribution in [3.63, 3.8) is 0 Å². The van der Waals surface area contributed by atoms with E-state index in [1.165, 1.54) is 10.9 Å². The highest BCUT2D eigenvalue weighted by Crippen LogP contribution is 2.29. The second-order valence-electron chi connectivity index (χ2n) is 6.50. The van der Waals surface area contributed by atoms with E-state index in [-0.39, 0.29) is 18.0 Å². The first-order valence-electron chi connectivity index (χ1n) is 8.25. The van der Waals surface area contributed by atoms with Gasteiger partial charge in [0.05, 0.1) is 23.8 Å². The van der Waals surface area contributed by atoms with Crippen molar-refractivity contribution in [2.45, 2.75) is 25.0 Å². The number of aromatic nitrogens is 2. The molecule has 2 aliphatic rings. The maximum absolute atomic E-state index is 12.5. The summed E-state index contributed by atoms with van der Waals surface area (Å²) in [4.78, 5) is 42.2. The standard InChI is InChI=1S/C17H18N4O4/c22-14(20-7-5-17(6-8-20)10-18-16(24)25-17)9-21-11-19-13-4-2-1-3-12(13)15(21)23/h1-4,11H,5-10H2,(H,18,24). The van der Waals surface area contributed by atoms with Crippen molar-refractivity contribution in [3.05, 3.63) is 40.9 Å². The van der Waals surface area contributed by atoms with Gasteiger partial charge < -0.3 is 15.0 Å². The van der Waals surface area contributed by atoms with Gasteiger partial charge in [-0.2, -0.15) is 0 Å². The van der Waals surface area contributed by atoms with Crippen LogP contribution in [0.3, 0.4) is 0 Å². The van der Waals surface area contributed by atoms with Gasteiger partial charge in [-0.1, -0.05) is 12.1 Å². The van der Waals surface area contributed by atoms with Gasteiger partial charge >= 0.3 is 6.09 Å². The number of hydrogen-bond donors (Lipinski definition) is 1. The molecule has 0 atom stereocenters. The predicted octanol–water partition coefficient (Wildman–Crippen LogP) is 0.497. The Balaban J connectivity index is 1.45. The molecule has 3 heterocycles. The van der Waals surface area contributed by atoms with E-state index in [1.807, 2.05) is 6.07 Å². The van der Waals surface area contributed by atoms with Crippen LogP contribution < -0.4 is 10.9 Å². The molecular formula is C17H18N4O4. The fraction of sp³-hybridized carbons (Fsp3) is 0.412. The molecule has 2 aromatic rings. The van der Waals surface area contributed by atoms with Crippen LogP contribution in [0.25, 0.3) is 10.9 Å². The Morgan fingerprint density at radius 1 is 1.24 bits per heavy atom. The van der Waals surface area contributed by atoms with Gasteiger partial charge in [0.1, 0.15) is 12.1 Å². The van der Waals surface area contributed by atoms with Crippen molar-refractivity contribution in [3.8, 4) is 0 Å². The van der Waals surface area contributed by atoms with Crippen molar-refractivity contribution in [1.29, 1.82) is 0 Å². The molecule has 2 saturated heterocycles. The van der Waals surface area contributed by atoms with Crippen LogP contribution in [0.4, 0.5) is 4.79 Å². The van der Waals surface area contributed by atoms with Gasteiger partial charge in [0, 0.05) is 25.9 Å². The molecule has 1 spiro atoms. The summed E-state index contributed by atoms with van der Waals surface area (Å²) in [5.41, 5.74) is -0.0946. The average Bonchev–Trinajstić information content (AvgIpc) is 2.98. The van der Waals surface area contributed by atoms with E-state index in [9.17, 15) is 14.4 Å². The summed E-state index contributed by atoms with van der Waals surface area (Å²) in [6, 6.07) is 7.07. The number of alkyl carbamates (subject to hydrolysis) is 1. The molecule has 1 N–H and O–H groups in total. The van der Waals surface area contributed by atoms with Crippen molar-refractivity contribution in [1.82, 2.24) is 19.8 Å². The van der Waals surface area contributed by atoms with Crippen LogP contribution in [0, 0.1) is 0 Å². The fourth-order valence-electron chi connectivity index (χ4n) is 3.41. The summed E-state index contributed by atoms with van der Waals surface area (Å²) in [5, 5.41) is 3.17. The second-order valence-corrected chi connectivity index (χ2v) is 6.50. The number of hydrogen-bond acceptors (Lipinski definition) is 5. The molecule has 4 rings (SSSR count). The van der Waals surface area contributed by atoms with Crippen LogP contribution in [0.15, 0.2) is 35.4 Å². The van der Waals surface area contributed by atoms with Crippen LogP contribution in [0.5, 0.6) is 0 Å². The maximum Gasteiger partial charge on any atom is 0.407 e. The lowest BCUT2D eigenvalue weighted by atomic mass is 9.91. The van der Waals surface area contributed by atoms with E-state index in [4.69, 9.17) is 4.74 Å². The predicted molar refractivity (Wildman–Crippen MR) is 89.0 cm³/mol. The second kappa shape index (κ2) is 5.87. The number of amides is 2. The third kappa shape index (κ3) is 2.84. The third-order valence-corrected chi connectivity index (χ3v) is 4.93. The molecule has 130 valence electrons. The SMILES string of the molecule is O=C1NCC2(CCN(C(=O)Cn3cnc4ccccc4c3=O)CC2)O1. The summed E-state index contributed by atoms with van der Waals surface area (Å²) in [7, 11) is 0. The van der Waals surface area contributed by atoms with Gasteiger partial charge in [-0.25, -0.2) is 9.78 Å². The molecule has 1 aromatic heterocycles. The summed E-state index contributed by atoms with van der Waals surface area (Å²) in [5.74, 6) is -0.133. The molecule has 0 saturated carbocycles. The molecule has 2 aliphatic heterocycles. The van der Waals surface area contributed by atoms with Crippen molar-refractivity contribution >= 4 is 22.9 Å². The molecule has 2 amide bonds. The highest BCUT2D eigenvalue weighted by Gasteiger charge is 2.43. The highest BCUT2D eigenvalue weighted by molar-refractivity contribution is 5.79.